The van der Waals surface area contributed by atoms with Crippen LogP contribution in [0.15, 0.2) is 42.5 Å². The number of amides is 1. The van der Waals surface area contributed by atoms with E-state index < -0.39 is 0 Å². The highest BCUT2D eigenvalue weighted by molar-refractivity contribution is 7.20. The number of thiazole rings is 1. The number of piperidine rings is 1. The third kappa shape index (κ3) is 4.28. The van der Waals surface area contributed by atoms with Gasteiger partial charge in [0.15, 0.2) is 0 Å². The first-order chi connectivity index (χ1) is 13.6. The summed E-state index contributed by atoms with van der Waals surface area (Å²) in [5.74, 6) is 1.01. The van der Waals surface area contributed by atoms with E-state index in [2.05, 4.69) is 24.0 Å². The second kappa shape index (κ2) is 8.19. The Balaban J connectivity index is 1.32. The van der Waals surface area contributed by atoms with Gasteiger partial charge in [0.25, 0.3) is 5.19 Å². The Morgan fingerprint density at radius 3 is 2.79 bits per heavy atom. The van der Waals surface area contributed by atoms with Crippen LogP contribution in [0.2, 0.25) is 0 Å². The summed E-state index contributed by atoms with van der Waals surface area (Å²) in [5, 5.41) is 0.688. The van der Waals surface area contributed by atoms with Crippen molar-refractivity contribution in [1.82, 2.24) is 9.88 Å². The average molecular weight is 397 g/mol. The molecule has 4 rings (SSSR count). The molecule has 0 bridgehead atoms. The van der Waals surface area contributed by atoms with Crippen molar-refractivity contribution in [1.29, 1.82) is 0 Å². The van der Waals surface area contributed by atoms with E-state index in [1.807, 2.05) is 35.2 Å². The van der Waals surface area contributed by atoms with Crippen LogP contribution >= 0.6 is 11.3 Å². The smallest absolute Gasteiger partial charge is 0.274 e. The van der Waals surface area contributed by atoms with Crippen molar-refractivity contribution in [3.8, 4) is 10.9 Å². The average Bonchev–Trinajstić information content (AvgIpc) is 3.09. The summed E-state index contributed by atoms with van der Waals surface area (Å²) in [6.07, 6.45) is 2.23. The molecule has 0 radical (unpaired) electrons. The fourth-order valence-electron chi connectivity index (χ4n) is 3.54. The van der Waals surface area contributed by atoms with Gasteiger partial charge in [-0.1, -0.05) is 41.2 Å². The normalized spacial score (nSPS) is 15.0. The molecular weight excluding hydrogens is 372 g/mol. The molecule has 1 saturated heterocycles. The molecule has 5 nitrogen and oxygen atoms in total. The second-order valence-corrected chi connectivity index (χ2v) is 8.17. The number of aromatic nitrogens is 1. The predicted octanol–water partition coefficient (Wildman–Crippen LogP) is 4.23. The molecule has 0 N–H and O–H groups in total. The first-order valence-electron chi connectivity index (χ1n) is 9.55. The summed E-state index contributed by atoms with van der Waals surface area (Å²) >= 11 is 1.54. The Hall–Kier alpha value is -2.60. The molecule has 3 aromatic rings. The van der Waals surface area contributed by atoms with Gasteiger partial charge in [-0.05, 0) is 30.7 Å². The number of rotatable bonds is 5. The summed E-state index contributed by atoms with van der Waals surface area (Å²) in [6.45, 7) is 3.51. The molecular formula is C22H24N2O3S. The van der Waals surface area contributed by atoms with Crippen LogP contribution in [0, 0.1) is 6.92 Å². The fraction of sp³-hybridized carbons (Fsp3) is 0.364. The Kier molecular flexibility index (Phi) is 5.48. The molecule has 1 aromatic heterocycles. The molecule has 0 unspecified atom stereocenters. The van der Waals surface area contributed by atoms with Crippen molar-refractivity contribution in [3.63, 3.8) is 0 Å². The Labute approximate surface area is 168 Å². The zero-order chi connectivity index (χ0) is 19.5. The van der Waals surface area contributed by atoms with Crippen molar-refractivity contribution in [3.05, 3.63) is 53.6 Å². The SMILES string of the molecule is COc1ccc2nc(OC3CCN(C(=O)Cc4cccc(C)c4)CC3)sc2c1. The van der Waals surface area contributed by atoms with Gasteiger partial charge in [0, 0.05) is 25.9 Å². The molecule has 0 spiro atoms. The topological polar surface area (TPSA) is 51.7 Å². The van der Waals surface area contributed by atoms with Crippen LogP contribution in [0.25, 0.3) is 10.2 Å². The van der Waals surface area contributed by atoms with E-state index >= 15 is 0 Å². The highest BCUT2D eigenvalue weighted by atomic mass is 32.1. The highest BCUT2D eigenvalue weighted by Gasteiger charge is 2.24. The minimum absolute atomic E-state index is 0.102. The lowest BCUT2D eigenvalue weighted by atomic mass is 10.0. The lowest BCUT2D eigenvalue weighted by Gasteiger charge is -2.31. The quantitative estimate of drug-likeness (QED) is 0.648. The van der Waals surface area contributed by atoms with Crippen LogP contribution in [0.1, 0.15) is 24.0 Å². The van der Waals surface area contributed by atoms with E-state index in [4.69, 9.17) is 9.47 Å². The molecule has 6 heteroatoms. The van der Waals surface area contributed by atoms with Gasteiger partial charge in [-0.2, -0.15) is 0 Å². The predicted molar refractivity (Wildman–Crippen MR) is 111 cm³/mol. The van der Waals surface area contributed by atoms with Crippen molar-refractivity contribution in [2.45, 2.75) is 32.3 Å². The summed E-state index contributed by atoms with van der Waals surface area (Å²) in [5.41, 5.74) is 3.19. The minimum Gasteiger partial charge on any atom is -0.497 e. The number of carbonyl (C=O) groups is 1. The van der Waals surface area contributed by atoms with E-state index in [0.29, 0.717) is 11.6 Å². The summed E-state index contributed by atoms with van der Waals surface area (Å²) in [6, 6.07) is 14.0. The number of methoxy groups -OCH3 is 1. The monoisotopic (exact) mass is 396 g/mol. The first kappa shape index (κ1) is 18.7. The minimum atomic E-state index is 0.102. The number of carbonyl (C=O) groups excluding carboxylic acids is 1. The summed E-state index contributed by atoms with van der Waals surface area (Å²) < 4.78 is 12.4. The standard InChI is InChI=1S/C22H24N2O3S/c1-15-4-3-5-16(12-15)13-21(25)24-10-8-17(9-11-24)27-22-23-19-7-6-18(26-2)14-20(19)28-22/h3-7,12,14,17H,8-11,13H2,1-2H3. The number of aryl methyl sites for hydroxylation is 1. The lowest BCUT2D eigenvalue weighted by molar-refractivity contribution is -0.132. The van der Waals surface area contributed by atoms with Crippen LogP contribution in [0.5, 0.6) is 10.9 Å². The Morgan fingerprint density at radius 2 is 2.04 bits per heavy atom. The van der Waals surface area contributed by atoms with Gasteiger partial charge >= 0.3 is 0 Å². The van der Waals surface area contributed by atoms with E-state index in [9.17, 15) is 4.79 Å². The number of benzene rings is 2. The van der Waals surface area contributed by atoms with E-state index in [1.54, 1.807) is 7.11 Å². The summed E-state index contributed by atoms with van der Waals surface area (Å²) in [4.78, 5) is 19.1. The number of ether oxygens (including phenoxy) is 2. The maximum Gasteiger partial charge on any atom is 0.274 e. The molecule has 146 valence electrons. The molecule has 0 saturated carbocycles. The number of likely N-dealkylation sites (tertiary alicyclic amines) is 1. The van der Waals surface area contributed by atoms with E-state index in [-0.39, 0.29) is 12.0 Å². The zero-order valence-corrected chi connectivity index (χ0v) is 17.0. The van der Waals surface area contributed by atoms with Crippen molar-refractivity contribution in [2.75, 3.05) is 20.2 Å². The lowest BCUT2D eigenvalue weighted by Crippen LogP contribution is -2.42. The molecule has 1 aliphatic rings. The summed E-state index contributed by atoms with van der Waals surface area (Å²) in [7, 11) is 1.66. The molecule has 1 aliphatic heterocycles. The molecule has 1 amide bonds. The largest absolute Gasteiger partial charge is 0.497 e. The van der Waals surface area contributed by atoms with Crippen molar-refractivity contribution >= 4 is 27.5 Å². The van der Waals surface area contributed by atoms with Crippen LogP contribution in [-0.2, 0) is 11.2 Å². The van der Waals surface area contributed by atoms with E-state index in [1.165, 1.54) is 16.9 Å². The molecule has 28 heavy (non-hydrogen) atoms. The van der Waals surface area contributed by atoms with Gasteiger partial charge in [0.2, 0.25) is 5.91 Å². The molecule has 1 fully saturated rings. The molecule has 0 aliphatic carbocycles. The Morgan fingerprint density at radius 1 is 1.21 bits per heavy atom. The van der Waals surface area contributed by atoms with Crippen LogP contribution in [0.4, 0.5) is 0 Å². The van der Waals surface area contributed by atoms with Gasteiger partial charge < -0.3 is 14.4 Å². The number of hydrogen-bond donors (Lipinski definition) is 0. The van der Waals surface area contributed by atoms with Crippen molar-refractivity contribution < 1.29 is 14.3 Å². The number of hydrogen-bond acceptors (Lipinski definition) is 5. The van der Waals surface area contributed by atoms with Gasteiger partial charge in [0.1, 0.15) is 11.9 Å². The van der Waals surface area contributed by atoms with E-state index in [0.717, 1.165) is 47.5 Å². The molecule has 2 aromatic carbocycles. The maximum absolute atomic E-state index is 12.6. The third-order valence-electron chi connectivity index (χ3n) is 5.08. The third-order valence-corrected chi connectivity index (χ3v) is 5.99. The maximum atomic E-state index is 12.6. The van der Waals surface area contributed by atoms with Gasteiger partial charge in [-0.3, -0.25) is 4.79 Å². The van der Waals surface area contributed by atoms with Gasteiger partial charge in [-0.25, -0.2) is 4.98 Å². The first-order valence-corrected chi connectivity index (χ1v) is 10.4. The Bertz CT molecular complexity index is 977. The highest BCUT2D eigenvalue weighted by Crippen LogP contribution is 2.32. The van der Waals surface area contributed by atoms with Crippen LogP contribution in [0.3, 0.4) is 0 Å². The number of nitrogens with zero attached hydrogens (tertiary/aromatic N) is 2. The van der Waals surface area contributed by atoms with Gasteiger partial charge in [0.05, 0.1) is 23.7 Å². The van der Waals surface area contributed by atoms with Crippen molar-refractivity contribution in [2.24, 2.45) is 0 Å². The molecule has 0 atom stereocenters. The zero-order valence-electron chi connectivity index (χ0n) is 16.2. The van der Waals surface area contributed by atoms with Crippen LogP contribution < -0.4 is 9.47 Å². The van der Waals surface area contributed by atoms with Gasteiger partial charge in [-0.15, -0.1) is 0 Å². The second-order valence-electron chi connectivity index (χ2n) is 7.18. The van der Waals surface area contributed by atoms with Crippen LogP contribution in [-0.4, -0.2) is 42.1 Å². The molecule has 2 heterocycles. The fourth-order valence-corrected chi connectivity index (χ4v) is 4.44. The number of fused-ring (bicyclic) bond motifs is 1.